The first-order chi connectivity index (χ1) is 12.0. The molecule has 7 heteroatoms. The molecule has 0 aromatic carbocycles. The number of hydrogen-bond donors (Lipinski definition) is 2. The van der Waals surface area contributed by atoms with Gasteiger partial charge in [-0.25, -0.2) is 0 Å². The highest BCUT2D eigenvalue weighted by Gasteiger charge is 2.56. The zero-order valence-corrected chi connectivity index (χ0v) is 16.4. The fourth-order valence-corrected chi connectivity index (χ4v) is 4.60. The van der Waals surface area contributed by atoms with Crippen LogP contribution in [-0.2, 0) is 14.2 Å². The predicted molar refractivity (Wildman–Crippen MR) is 99.8 cm³/mol. The summed E-state index contributed by atoms with van der Waals surface area (Å²) in [4.78, 5) is 4.70. The first-order valence-electron chi connectivity index (χ1n) is 9.64. The van der Waals surface area contributed by atoms with Crippen molar-refractivity contribution >= 4 is 16.9 Å². The number of nitrogens with zero attached hydrogens (tertiary/aromatic N) is 1. The van der Waals surface area contributed by atoms with E-state index in [4.69, 9.17) is 19.2 Å². The van der Waals surface area contributed by atoms with Gasteiger partial charge in [-0.2, -0.15) is 0 Å². The Morgan fingerprint density at radius 2 is 1.92 bits per heavy atom. The van der Waals surface area contributed by atoms with Gasteiger partial charge in [-0.1, -0.05) is 50.8 Å². The SMILES string of the molecule is CCCCCCCCNC1=N[C@H]([C@@H]2O[C@@H]3OC(C)(C)O[C@@H]3[C@H]2O)CS1. The highest BCUT2D eigenvalue weighted by Crippen LogP contribution is 2.40. The molecule has 0 amide bonds. The molecule has 3 aliphatic heterocycles. The van der Waals surface area contributed by atoms with Gasteiger partial charge in [0.15, 0.2) is 17.2 Å². The average Bonchev–Trinajstić information content (AvgIpc) is 3.21. The van der Waals surface area contributed by atoms with E-state index in [0.717, 1.165) is 17.5 Å². The number of amidine groups is 1. The van der Waals surface area contributed by atoms with Gasteiger partial charge >= 0.3 is 0 Å². The van der Waals surface area contributed by atoms with E-state index in [1.165, 1.54) is 38.5 Å². The predicted octanol–water partition coefficient (Wildman–Crippen LogP) is 2.65. The minimum Gasteiger partial charge on any atom is -0.387 e. The summed E-state index contributed by atoms with van der Waals surface area (Å²) in [7, 11) is 0. The topological polar surface area (TPSA) is 72.3 Å². The number of aliphatic hydroxyl groups excluding tert-OH is 1. The Labute approximate surface area is 155 Å². The van der Waals surface area contributed by atoms with Gasteiger partial charge in [0.2, 0.25) is 0 Å². The van der Waals surface area contributed by atoms with Gasteiger partial charge in [0.05, 0.1) is 6.04 Å². The number of fused-ring (bicyclic) bond motifs is 1. The average molecular weight is 373 g/mol. The number of nitrogens with one attached hydrogen (secondary N) is 1. The van der Waals surface area contributed by atoms with Crippen LogP contribution in [0.3, 0.4) is 0 Å². The smallest absolute Gasteiger partial charge is 0.190 e. The van der Waals surface area contributed by atoms with Crippen LogP contribution in [0.15, 0.2) is 4.99 Å². The third-order valence-corrected chi connectivity index (χ3v) is 5.94. The molecule has 0 aromatic rings. The third kappa shape index (κ3) is 4.89. The Kier molecular flexibility index (Phi) is 6.65. The Morgan fingerprint density at radius 1 is 1.16 bits per heavy atom. The molecular weight excluding hydrogens is 340 g/mol. The lowest BCUT2D eigenvalue weighted by Crippen LogP contribution is -2.40. The van der Waals surface area contributed by atoms with Crippen LogP contribution >= 0.6 is 11.8 Å². The number of aliphatic imine (C=N–C) groups is 1. The van der Waals surface area contributed by atoms with Gasteiger partial charge in [0, 0.05) is 12.3 Å². The molecule has 5 atom stereocenters. The largest absolute Gasteiger partial charge is 0.387 e. The molecule has 0 spiro atoms. The normalized spacial score (nSPS) is 36.5. The van der Waals surface area contributed by atoms with Crippen molar-refractivity contribution in [3.05, 3.63) is 0 Å². The maximum atomic E-state index is 10.5. The van der Waals surface area contributed by atoms with Crippen LogP contribution in [0, 0.1) is 0 Å². The van der Waals surface area contributed by atoms with Crippen molar-refractivity contribution in [1.82, 2.24) is 5.32 Å². The fourth-order valence-electron chi connectivity index (χ4n) is 3.59. The zero-order chi connectivity index (χ0) is 17.9. The van der Waals surface area contributed by atoms with Gasteiger partial charge in [-0.15, -0.1) is 0 Å². The van der Waals surface area contributed by atoms with Crippen molar-refractivity contribution in [3.8, 4) is 0 Å². The van der Waals surface area contributed by atoms with Crippen molar-refractivity contribution in [1.29, 1.82) is 0 Å². The number of thioether (sulfide) groups is 1. The number of ether oxygens (including phenoxy) is 3. The van der Waals surface area contributed by atoms with Gasteiger partial charge < -0.3 is 24.6 Å². The molecule has 3 rings (SSSR count). The summed E-state index contributed by atoms with van der Waals surface area (Å²) in [5.41, 5.74) is 0. The molecule has 0 radical (unpaired) electrons. The van der Waals surface area contributed by atoms with E-state index in [2.05, 4.69) is 12.2 Å². The Morgan fingerprint density at radius 3 is 2.68 bits per heavy atom. The molecule has 2 fully saturated rings. The molecule has 3 aliphatic rings. The monoisotopic (exact) mass is 372 g/mol. The summed E-state index contributed by atoms with van der Waals surface area (Å²) < 4.78 is 17.4. The van der Waals surface area contributed by atoms with Crippen LogP contribution in [-0.4, -0.2) is 59.0 Å². The van der Waals surface area contributed by atoms with Crippen molar-refractivity contribution in [2.75, 3.05) is 12.3 Å². The van der Waals surface area contributed by atoms with E-state index < -0.39 is 24.3 Å². The molecule has 0 aliphatic carbocycles. The van der Waals surface area contributed by atoms with E-state index in [-0.39, 0.29) is 12.1 Å². The van der Waals surface area contributed by atoms with E-state index in [9.17, 15) is 5.11 Å². The van der Waals surface area contributed by atoms with E-state index in [0.29, 0.717) is 0 Å². The lowest BCUT2D eigenvalue weighted by molar-refractivity contribution is -0.216. The van der Waals surface area contributed by atoms with Crippen LogP contribution in [0.2, 0.25) is 0 Å². The molecule has 25 heavy (non-hydrogen) atoms. The molecule has 0 bridgehead atoms. The minimum atomic E-state index is -0.696. The summed E-state index contributed by atoms with van der Waals surface area (Å²) in [6, 6.07) is -0.0482. The summed E-state index contributed by atoms with van der Waals surface area (Å²) >= 11 is 1.71. The van der Waals surface area contributed by atoms with E-state index in [1.807, 2.05) is 13.8 Å². The molecule has 144 valence electrons. The number of unbranched alkanes of at least 4 members (excludes halogenated alkanes) is 5. The maximum absolute atomic E-state index is 10.5. The first kappa shape index (κ1) is 19.4. The Hall–Kier alpha value is -0.340. The van der Waals surface area contributed by atoms with Crippen LogP contribution in [0.5, 0.6) is 0 Å². The number of aliphatic hydroxyl groups is 1. The lowest BCUT2D eigenvalue weighted by atomic mass is 10.1. The molecule has 3 heterocycles. The van der Waals surface area contributed by atoms with Crippen LogP contribution < -0.4 is 5.32 Å². The van der Waals surface area contributed by atoms with Crippen LogP contribution in [0.25, 0.3) is 0 Å². The highest BCUT2D eigenvalue weighted by molar-refractivity contribution is 8.14. The van der Waals surface area contributed by atoms with E-state index in [1.54, 1.807) is 11.8 Å². The standard InChI is InChI=1S/C18H32N2O4S/c1-4-5-6-7-8-9-10-19-17-20-12(11-25-17)14-13(21)15-16(22-14)24-18(2,3)23-15/h12-16,21H,4-11H2,1-3H3,(H,19,20)/t12-,13-,14-,15+,16+/m0/s1. The summed E-state index contributed by atoms with van der Waals surface area (Å²) in [5.74, 6) is 0.127. The van der Waals surface area contributed by atoms with Gasteiger partial charge in [0.1, 0.15) is 18.3 Å². The maximum Gasteiger partial charge on any atom is 0.190 e. The summed E-state index contributed by atoms with van der Waals surface area (Å²) in [5, 5.41) is 14.9. The molecule has 2 N–H and O–H groups in total. The molecule has 0 unspecified atom stereocenters. The second-order valence-electron chi connectivity index (χ2n) is 7.57. The quantitative estimate of drug-likeness (QED) is 0.638. The molecular formula is C18H32N2O4S. The fraction of sp³-hybridized carbons (Fsp3) is 0.944. The lowest BCUT2D eigenvalue weighted by Gasteiger charge is -2.24. The van der Waals surface area contributed by atoms with Crippen LogP contribution in [0.1, 0.15) is 59.3 Å². The van der Waals surface area contributed by atoms with Gasteiger partial charge in [0.25, 0.3) is 0 Å². The van der Waals surface area contributed by atoms with Crippen LogP contribution in [0.4, 0.5) is 0 Å². The minimum absolute atomic E-state index is 0.0482. The van der Waals surface area contributed by atoms with Crippen molar-refractivity contribution in [3.63, 3.8) is 0 Å². The molecule has 6 nitrogen and oxygen atoms in total. The van der Waals surface area contributed by atoms with Gasteiger partial charge in [-0.3, -0.25) is 4.99 Å². The highest BCUT2D eigenvalue weighted by atomic mass is 32.2. The van der Waals surface area contributed by atoms with E-state index >= 15 is 0 Å². The summed E-state index contributed by atoms with van der Waals surface area (Å²) in [6.07, 6.45) is 5.78. The molecule has 2 saturated heterocycles. The second kappa shape index (κ2) is 8.57. The second-order valence-corrected chi connectivity index (χ2v) is 8.58. The Bertz CT molecular complexity index is 474. The molecule has 0 saturated carbocycles. The number of rotatable bonds is 8. The first-order valence-corrected chi connectivity index (χ1v) is 10.6. The Balaban J connectivity index is 1.39. The zero-order valence-electron chi connectivity index (χ0n) is 15.6. The third-order valence-electron chi connectivity index (χ3n) is 4.91. The van der Waals surface area contributed by atoms with Crippen molar-refractivity contribution < 1.29 is 19.3 Å². The van der Waals surface area contributed by atoms with Crippen molar-refractivity contribution in [2.45, 2.75) is 95.7 Å². The number of hydrogen-bond acceptors (Lipinski definition) is 7. The summed E-state index contributed by atoms with van der Waals surface area (Å²) in [6.45, 7) is 6.88. The molecule has 0 aromatic heterocycles. The van der Waals surface area contributed by atoms with Gasteiger partial charge in [-0.05, 0) is 20.3 Å². The van der Waals surface area contributed by atoms with Crippen molar-refractivity contribution in [2.24, 2.45) is 4.99 Å².